The zero-order valence-corrected chi connectivity index (χ0v) is 6.41. The van der Waals surface area contributed by atoms with Gasteiger partial charge in [0.1, 0.15) is 5.54 Å². The molecule has 4 heteroatoms. The molecule has 3 nitrogen and oxygen atoms in total. The molecule has 1 saturated heterocycles. The van der Waals surface area contributed by atoms with Gasteiger partial charge < -0.3 is 11.1 Å². The molecule has 1 aliphatic heterocycles. The summed E-state index contributed by atoms with van der Waals surface area (Å²) in [7, 11) is 0. The summed E-state index contributed by atoms with van der Waals surface area (Å²) in [4.78, 5) is 10.7. The van der Waals surface area contributed by atoms with E-state index in [2.05, 4.69) is 5.32 Å². The fourth-order valence-corrected chi connectivity index (χ4v) is 1.75. The summed E-state index contributed by atoms with van der Waals surface area (Å²) in [6.45, 7) is 0.966. The Hall–Kier alpha value is -0.280. The van der Waals surface area contributed by atoms with Crippen LogP contribution in [0.2, 0.25) is 0 Å². The summed E-state index contributed by atoms with van der Waals surface area (Å²) in [5.41, 5.74) is 4.92. The van der Waals surface area contributed by atoms with E-state index in [1.54, 1.807) is 0 Å². The minimum absolute atomic E-state index is 0. The minimum atomic E-state index is -0.250. The maximum absolute atomic E-state index is 10.7. The van der Waals surface area contributed by atoms with Crippen molar-refractivity contribution in [1.29, 1.82) is 0 Å². The number of carbonyl (C=O) groups excluding carboxylic acids is 1. The van der Waals surface area contributed by atoms with Crippen LogP contribution in [0.1, 0.15) is 12.8 Å². The number of rotatable bonds is 1. The van der Waals surface area contributed by atoms with Gasteiger partial charge in [0.25, 0.3) is 0 Å². The maximum atomic E-state index is 10.7. The van der Waals surface area contributed by atoms with Crippen molar-refractivity contribution in [3.05, 3.63) is 0 Å². The zero-order chi connectivity index (χ0) is 6.48. The van der Waals surface area contributed by atoms with Gasteiger partial charge in [-0.3, -0.25) is 4.79 Å². The number of nitrogens with one attached hydrogen (secondary N) is 1. The average molecular weight is 163 g/mol. The first-order valence-corrected chi connectivity index (χ1v) is 3.31. The Bertz CT molecular complexity index is 173. The lowest BCUT2D eigenvalue weighted by Gasteiger charge is -2.05. The van der Waals surface area contributed by atoms with E-state index in [0.29, 0.717) is 5.92 Å². The van der Waals surface area contributed by atoms with Crippen molar-refractivity contribution in [2.24, 2.45) is 11.7 Å². The van der Waals surface area contributed by atoms with Crippen LogP contribution < -0.4 is 11.1 Å². The van der Waals surface area contributed by atoms with Crippen LogP contribution >= 0.6 is 12.4 Å². The summed E-state index contributed by atoms with van der Waals surface area (Å²) in [5.74, 6) is 0.403. The zero-order valence-electron chi connectivity index (χ0n) is 5.59. The van der Waals surface area contributed by atoms with Crippen LogP contribution in [0.25, 0.3) is 0 Å². The lowest BCUT2D eigenvalue weighted by atomic mass is 10.2. The van der Waals surface area contributed by atoms with E-state index < -0.39 is 0 Å². The van der Waals surface area contributed by atoms with E-state index >= 15 is 0 Å². The molecule has 2 aliphatic rings. The molecule has 0 bridgehead atoms. The Kier molecular flexibility index (Phi) is 1.65. The Morgan fingerprint density at radius 2 is 2.40 bits per heavy atom. The van der Waals surface area contributed by atoms with E-state index in [-0.39, 0.29) is 23.9 Å². The predicted octanol–water partition coefficient (Wildman–Crippen LogP) is -0.355. The van der Waals surface area contributed by atoms with E-state index in [9.17, 15) is 4.79 Å². The second-order valence-corrected chi connectivity index (χ2v) is 2.95. The standard InChI is InChI=1S/C6H10N2O.ClH/c7-5(9)6-3-4(6)1-2-8-6;/h4,8H,1-3H2,(H2,7,9);1H/t4?,6-;/m0./s1. The largest absolute Gasteiger partial charge is 0.368 e. The van der Waals surface area contributed by atoms with Gasteiger partial charge >= 0.3 is 0 Å². The van der Waals surface area contributed by atoms with Gasteiger partial charge in [-0.25, -0.2) is 0 Å². The molecule has 3 N–H and O–H groups in total. The van der Waals surface area contributed by atoms with Gasteiger partial charge in [0.2, 0.25) is 5.91 Å². The first-order chi connectivity index (χ1) is 4.26. The lowest BCUT2D eigenvalue weighted by molar-refractivity contribution is -0.120. The van der Waals surface area contributed by atoms with E-state index in [1.807, 2.05) is 0 Å². The number of piperidine rings is 1. The SMILES string of the molecule is Cl.NC(=O)[C@]12CC1CCN2. The number of amides is 1. The van der Waals surface area contributed by atoms with Gasteiger partial charge in [0, 0.05) is 0 Å². The Morgan fingerprint density at radius 1 is 1.70 bits per heavy atom. The summed E-state index contributed by atoms with van der Waals surface area (Å²) >= 11 is 0. The van der Waals surface area contributed by atoms with Crippen molar-refractivity contribution in [3.63, 3.8) is 0 Å². The third kappa shape index (κ3) is 0.739. The van der Waals surface area contributed by atoms with E-state index in [4.69, 9.17) is 5.73 Å². The van der Waals surface area contributed by atoms with Crippen LogP contribution in [0.15, 0.2) is 0 Å². The molecule has 58 valence electrons. The van der Waals surface area contributed by atoms with Crippen LogP contribution in [0.5, 0.6) is 0 Å². The number of primary amides is 1. The van der Waals surface area contributed by atoms with Gasteiger partial charge in [-0.05, 0) is 25.3 Å². The second-order valence-electron chi connectivity index (χ2n) is 2.95. The fraction of sp³-hybridized carbons (Fsp3) is 0.833. The fourth-order valence-electron chi connectivity index (χ4n) is 1.75. The monoisotopic (exact) mass is 162 g/mol. The van der Waals surface area contributed by atoms with E-state index in [0.717, 1.165) is 19.4 Å². The highest BCUT2D eigenvalue weighted by molar-refractivity contribution is 5.89. The molecule has 0 spiro atoms. The van der Waals surface area contributed by atoms with E-state index in [1.165, 1.54) is 0 Å². The molecule has 10 heavy (non-hydrogen) atoms. The summed E-state index contributed by atoms with van der Waals surface area (Å²) in [6, 6.07) is 0. The van der Waals surface area contributed by atoms with Gasteiger partial charge in [-0.2, -0.15) is 0 Å². The molecule has 1 saturated carbocycles. The Labute approximate surface area is 65.8 Å². The quantitative estimate of drug-likeness (QED) is 0.554. The van der Waals surface area contributed by atoms with Crippen molar-refractivity contribution in [2.75, 3.05) is 6.54 Å². The average Bonchev–Trinajstić information content (AvgIpc) is 2.38. The highest BCUT2D eigenvalue weighted by Crippen LogP contribution is 2.49. The summed E-state index contributed by atoms with van der Waals surface area (Å²) < 4.78 is 0. The van der Waals surface area contributed by atoms with Crippen LogP contribution in [0.3, 0.4) is 0 Å². The number of hydrogen-bond donors (Lipinski definition) is 2. The van der Waals surface area contributed by atoms with Gasteiger partial charge in [-0.15, -0.1) is 12.4 Å². The van der Waals surface area contributed by atoms with Crippen LogP contribution in [-0.2, 0) is 4.79 Å². The topological polar surface area (TPSA) is 55.1 Å². The summed E-state index contributed by atoms with van der Waals surface area (Å²) in [6.07, 6.45) is 2.10. The third-order valence-electron chi connectivity index (χ3n) is 2.48. The first kappa shape index (κ1) is 7.82. The molecule has 1 unspecified atom stereocenters. The highest BCUT2D eigenvalue weighted by Gasteiger charge is 2.61. The lowest BCUT2D eigenvalue weighted by Crippen LogP contribution is -2.41. The molecule has 0 aromatic rings. The Morgan fingerprint density at radius 3 is 2.60 bits per heavy atom. The Balaban J connectivity index is 0.000000500. The number of fused-ring (bicyclic) bond motifs is 1. The van der Waals surface area contributed by atoms with Crippen molar-refractivity contribution in [1.82, 2.24) is 5.32 Å². The van der Waals surface area contributed by atoms with Crippen LogP contribution in [0, 0.1) is 5.92 Å². The molecule has 0 aromatic heterocycles. The van der Waals surface area contributed by atoms with Gasteiger partial charge in [0.05, 0.1) is 0 Å². The second kappa shape index (κ2) is 2.10. The highest BCUT2D eigenvalue weighted by atomic mass is 35.5. The predicted molar refractivity (Wildman–Crippen MR) is 39.9 cm³/mol. The van der Waals surface area contributed by atoms with Crippen LogP contribution in [0.4, 0.5) is 0 Å². The number of carbonyl (C=O) groups is 1. The van der Waals surface area contributed by atoms with Crippen molar-refractivity contribution in [2.45, 2.75) is 18.4 Å². The molecule has 1 aliphatic carbocycles. The molecule has 1 amide bonds. The van der Waals surface area contributed by atoms with Crippen molar-refractivity contribution < 1.29 is 4.79 Å². The molecular weight excluding hydrogens is 152 g/mol. The summed E-state index contributed by atoms with van der Waals surface area (Å²) in [5, 5.41) is 3.13. The van der Waals surface area contributed by atoms with Crippen molar-refractivity contribution >= 4 is 18.3 Å². The molecule has 1 heterocycles. The molecule has 2 fully saturated rings. The normalized spacial score (nSPS) is 41.8. The number of nitrogens with two attached hydrogens (primary N) is 1. The maximum Gasteiger partial charge on any atom is 0.238 e. The van der Waals surface area contributed by atoms with Gasteiger partial charge in [-0.1, -0.05) is 0 Å². The molecule has 0 radical (unpaired) electrons. The van der Waals surface area contributed by atoms with Crippen LogP contribution in [-0.4, -0.2) is 18.0 Å². The van der Waals surface area contributed by atoms with Crippen molar-refractivity contribution in [3.8, 4) is 0 Å². The number of halogens is 1. The first-order valence-electron chi connectivity index (χ1n) is 3.31. The minimum Gasteiger partial charge on any atom is -0.368 e. The molecule has 0 aromatic carbocycles. The smallest absolute Gasteiger partial charge is 0.238 e. The molecule has 2 atom stereocenters. The van der Waals surface area contributed by atoms with Gasteiger partial charge in [0.15, 0.2) is 0 Å². The third-order valence-corrected chi connectivity index (χ3v) is 2.48. The molecule has 2 rings (SSSR count). The molecular formula is C6H11ClN2O. The number of hydrogen-bond acceptors (Lipinski definition) is 2.